The second kappa shape index (κ2) is 7.63. The summed E-state index contributed by atoms with van der Waals surface area (Å²) in [6.07, 6.45) is 3.68. The van der Waals surface area contributed by atoms with Gasteiger partial charge >= 0.3 is 0 Å². The quantitative estimate of drug-likeness (QED) is 0.773. The SMILES string of the molecule is CC(C)N1CCOC(CN2CCN(c3nccn(C)c3=O)CC2)C1. The average molecular weight is 335 g/mol. The van der Waals surface area contributed by atoms with Gasteiger partial charge in [-0.25, -0.2) is 4.98 Å². The van der Waals surface area contributed by atoms with Crippen LogP contribution in [0.15, 0.2) is 17.2 Å². The molecular formula is C17H29N5O2. The summed E-state index contributed by atoms with van der Waals surface area (Å²) in [5.74, 6) is 0.569. The van der Waals surface area contributed by atoms with E-state index in [0.29, 0.717) is 11.9 Å². The molecule has 3 rings (SSSR count). The lowest BCUT2D eigenvalue weighted by Crippen LogP contribution is -2.54. The standard InChI is InChI=1S/C17H29N5O2/c1-14(2)22-10-11-24-15(13-22)12-20-6-8-21(9-7-20)16-17(23)19(3)5-4-18-16/h4-5,14-15H,6-13H2,1-3H3. The Morgan fingerprint density at radius 3 is 2.71 bits per heavy atom. The summed E-state index contributed by atoms with van der Waals surface area (Å²) < 4.78 is 7.53. The number of rotatable bonds is 4. The van der Waals surface area contributed by atoms with Crippen LogP contribution in [-0.2, 0) is 11.8 Å². The van der Waals surface area contributed by atoms with Crippen molar-refractivity contribution in [3.8, 4) is 0 Å². The van der Waals surface area contributed by atoms with Crippen molar-refractivity contribution in [1.29, 1.82) is 0 Å². The molecule has 2 fully saturated rings. The molecule has 7 heteroatoms. The Kier molecular flexibility index (Phi) is 5.53. The van der Waals surface area contributed by atoms with Gasteiger partial charge in [0.15, 0.2) is 5.82 Å². The van der Waals surface area contributed by atoms with Crippen molar-refractivity contribution < 1.29 is 4.74 Å². The minimum Gasteiger partial charge on any atom is -0.374 e. The fraction of sp³-hybridized carbons (Fsp3) is 0.765. The Labute approximate surface area is 143 Å². The highest BCUT2D eigenvalue weighted by molar-refractivity contribution is 5.36. The van der Waals surface area contributed by atoms with E-state index in [1.54, 1.807) is 24.0 Å². The van der Waals surface area contributed by atoms with Crippen LogP contribution in [0.25, 0.3) is 0 Å². The minimum absolute atomic E-state index is 0.0193. The second-order valence-corrected chi connectivity index (χ2v) is 7.04. The van der Waals surface area contributed by atoms with Crippen molar-refractivity contribution in [3.63, 3.8) is 0 Å². The molecule has 0 saturated carbocycles. The smallest absolute Gasteiger partial charge is 0.293 e. The Morgan fingerprint density at radius 1 is 1.25 bits per heavy atom. The molecule has 0 N–H and O–H groups in total. The highest BCUT2D eigenvalue weighted by Crippen LogP contribution is 2.13. The Balaban J connectivity index is 1.52. The second-order valence-electron chi connectivity index (χ2n) is 7.04. The minimum atomic E-state index is -0.0193. The van der Waals surface area contributed by atoms with Gasteiger partial charge in [-0.2, -0.15) is 0 Å². The third kappa shape index (κ3) is 3.96. The molecule has 1 unspecified atom stereocenters. The number of hydrogen-bond donors (Lipinski definition) is 0. The van der Waals surface area contributed by atoms with E-state index in [1.807, 2.05) is 0 Å². The number of anilines is 1. The van der Waals surface area contributed by atoms with Crippen molar-refractivity contribution >= 4 is 5.82 Å². The Morgan fingerprint density at radius 2 is 2.00 bits per heavy atom. The number of ether oxygens (including phenoxy) is 1. The monoisotopic (exact) mass is 335 g/mol. The van der Waals surface area contributed by atoms with Crippen LogP contribution in [0.5, 0.6) is 0 Å². The molecule has 0 bridgehead atoms. The lowest BCUT2D eigenvalue weighted by molar-refractivity contribution is -0.0525. The summed E-state index contributed by atoms with van der Waals surface area (Å²) in [6.45, 7) is 11.9. The van der Waals surface area contributed by atoms with E-state index >= 15 is 0 Å². The normalized spacial score (nSPS) is 23.8. The zero-order chi connectivity index (χ0) is 17.1. The van der Waals surface area contributed by atoms with Crippen LogP contribution in [-0.4, -0.2) is 83.9 Å². The van der Waals surface area contributed by atoms with Gasteiger partial charge in [0.2, 0.25) is 0 Å². The largest absolute Gasteiger partial charge is 0.374 e. The topological polar surface area (TPSA) is 53.8 Å². The van der Waals surface area contributed by atoms with E-state index in [2.05, 4.69) is 33.5 Å². The number of hydrogen-bond acceptors (Lipinski definition) is 6. The number of piperazine rings is 1. The first-order chi connectivity index (χ1) is 11.5. The van der Waals surface area contributed by atoms with Gasteiger partial charge in [-0.05, 0) is 13.8 Å². The molecule has 1 aromatic heterocycles. The van der Waals surface area contributed by atoms with Gasteiger partial charge in [-0.1, -0.05) is 0 Å². The molecule has 0 radical (unpaired) electrons. The summed E-state index contributed by atoms with van der Waals surface area (Å²) >= 11 is 0. The molecule has 2 aliphatic heterocycles. The fourth-order valence-corrected chi connectivity index (χ4v) is 3.45. The van der Waals surface area contributed by atoms with Crippen LogP contribution in [0.3, 0.4) is 0 Å². The van der Waals surface area contributed by atoms with Crippen molar-refractivity contribution in [3.05, 3.63) is 22.7 Å². The van der Waals surface area contributed by atoms with Crippen LogP contribution >= 0.6 is 0 Å². The van der Waals surface area contributed by atoms with Crippen LogP contribution in [0, 0.1) is 0 Å². The van der Waals surface area contributed by atoms with Gasteiger partial charge in [0.25, 0.3) is 5.56 Å². The van der Waals surface area contributed by atoms with Crippen LogP contribution in [0.2, 0.25) is 0 Å². The summed E-state index contributed by atoms with van der Waals surface area (Å²) in [6, 6.07) is 0.577. The zero-order valence-electron chi connectivity index (χ0n) is 15.0. The molecule has 7 nitrogen and oxygen atoms in total. The fourth-order valence-electron chi connectivity index (χ4n) is 3.45. The molecule has 0 aromatic carbocycles. The highest BCUT2D eigenvalue weighted by atomic mass is 16.5. The molecule has 0 aliphatic carbocycles. The van der Waals surface area contributed by atoms with E-state index in [9.17, 15) is 4.79 Å². The molecule has 134 valence electrons. The van der Waals surface area contributed by atoms with E-state index in [0.717, 1.165) is 52.4 Å². The van der Waals surface area contributed by atoms with Gasteiger partial charge in [0.05, 0.1) is 12.7 Å². The third-order valence-corrected chi connectivity index (χ3v) is 5.03. The number of morpholine rings is 1. The van der Waals surface area contributed by atoms with Crippen molar-refractivity contribution in [1.82, 2.24) is 19.4 Å². The molecule has 1 aromatic rings. The van der Waals surface area contributed by atoms with Gasteiger partial charge in [0, 0.05) is 71.3 Å². The predicted molar refractivity (Wildman–Crippen MR) is 94.6 cm³/mol. The van der Waals surface area contributed by atoms with Crippen molar-refractivity contribution in [2.75, 3.05) is 57.3 Å². The number of aryl methyl sites for hydroxylation is 1. The first-order valence-corrected chi connectivity index (χ1v) is 8.89. The van der Waals surface area contributed by atoms with E-state index in [4.69, 9.17) is 4.74 Å². The molecule has 2 aliphatic rings. The molecule has 24 heavy (non-hydrogen) atoms. The van der Waals surface area contributed by atoms with Gasteiger partial charge in [-0.15, -0.1) is 0 Å². The van der Waals surface area contributed by atoms with E-state index in [1.165, 1.54) is 0 Å². The van der Waals surface area contributed by atoms with E-state index in [-0.39, 0.29) is 11.7 Å². The molecule has 1 atom stereocenters. The molecule has 0 spiro atoms. The van der Waals surface area contributed by atoms with Gasteiger partial charge in [0.1, 0.15) is 0 Å². The summed E-state index contributed by atoms with van der Waals surface area (Å²) in [4.78, 5) is 23.5. The van der Waals surface area contributed by atoms with E-state index < -0.39 is 0 Å². The maximum atomic E-state index is 12.2. The highest BCUT2D eigenvalue weighted by Gasteiger charge is 2.26. The first kappa shape index (κ1) is 17.4. The van der Waals surface area contributed by atoms with Crippen molar-refractivity contribution in [2.45, 2.75) is 26.0 Å². The van der Waals surface area contributed by atoms with Gasteiger partial charge in [-0.3, -0.25) is 14.6 Å². The molecule has 2 saturated heterocycles. The molecule has 3 heterocycles. The average Bonchev–Trinajstić information content (AvgIpc) is 2.58. The van der Waals surface area contributed by atoms with Crippen LogP contribution < -0.4 is 10.5 Å². The maximum absolute atomic E-state index is 12.2. The zero-order valence-corrected chi connectivity index (χ0v) is 15.0. The lowest BCUT2D eigenvalue weighted by Gasteiger charge is -2.40. The summed E-state index contributed by atoms with van der Waals surface area (Å²) in [5.41, 5.74) is -0.0193. The number of aromatic nitrogens is 2. The summed E-state index contributed by atoms with van der Waals surface area (Å²) in [5, 5.41) is 0. The third-order valence-electron chi connectivity index (χ3n) is 5.03. The maximum Gasteiger partial charge on any atom is 0.293 e. The van der Waals surface area contributed by atoms with Crippen molar-refractivity contribution in [2.24, 2.45) is 7.05 Å². The molecule has 0 amide bonds. The van der Waals surface area contributed by atoms with Gasteiger partial charge < -0.3 is 14.2 Å². The number of nitrogens with zero attached hydrogens (tertiary/aromatic N) is 5. The molecular weight excluding hydrogens is 306 g/mol. The Bertz CT molecular complexity index is 595. The predicted octanol–water partition coefficient (Wildman–Crippen LogP) is 0.0115. The first-order valence-electron chi connectivity index (χ1n) is 8.89. The van der Waals surface area contributed by atoms with Crippen LogP contribution in [0.1, 0.15) is 13.8 Å². The van der Waals surface area contributed by atoms with Crippen LogP contribution in [0.4, 0.5) is 5.82 Å². The summed E-state index contributed by atoms with van der Waals surface area (Å²) in [7, 11) is 1.77. The lowest BCUT2D eigenvalue weighted by atomic mass is 10.2. The Hall–Kier alpha value is -1.44.